The zero-order chi connectivity index (χ0) is 12.5. The quantitative estimate of drug-likeness (QED) is 0.879. The van der Waals surface area contributed by atoms with Crippen LogP contribution in [0.15, 0.2) is 24.3 Å². The molecule has 4 nitrogen and oxygen atoms in total. The third kappa shape index (κ3) is 1.93. The maximum absolute atomic E-state index is 9.37. The van der Waals surface area contributed by atoms with Gasteiger partial charge in [-0.3, -0.25) is 0 Å². The highest BCUT2D eigenvalue weighted by Crippen LogP contribution is 2.27. The summed E-state index contributed by atoms with van der Waals surface area (Å²) in [6.07, 6.45) is 2.07. The number of aliphatic hydroxyl groups is 1. The van der Waals surface area contributed by atoms with Crippen LogP contribution in [0.5, 0.6) is 0 Å². The van der Waals surface area contributed by atoms with E-state index in [-0.39, 0.29) is 12.5 Å². The molecule has 1 aliphatic heterocycles. The van der Waals surface area contributed by atoms with Crippen LogP contribution < -0.4 is 0 Å². The lowest BCUT2D eigenvalue weighted by atomic mass is 10.0. The fourth-order valence-corrected chi connectivity index (χ4v) is 2.44. The number of hydrogen-bond acceptors (Lipinski definition) is 3. The summed E-state index contributed by atoms with van der Waals surface area (Å²) in [7, 11) is 0. The van der Waals surface area contributed by atoms with E-state index in [0.717, 1.165) is 36.6 Å². The Bertz CT molecular complexity index is 545. The Kier molecular flexibility index (Phi) is 2.88. The third-order valence-corrected chi connectivity index (χ3v) is 3.52. The molecule has 3 rings (SSSR count). The number of aliphatic hydroxyl groups excluding tert-OH is 1. The molecule has 0 bridgehead atoms. The molecule has 4 heteroatoms. The first-order valence-corrected chi connectivity index (χ1v) is 6.40. The van der Waals surface area contributed by atoms with Gasteiger partial charge in [0.05, 0.1) is 6.61 Å². The van der Waals surface area contributed by atoms with Gasteiger partial charge in [0.15, 0.2) is 5.82 Å². The number of hydrogen-bond donors (Lipinski definition) is 1. The van der Waals surface area contributed by atoms with Gasteiger partial charge in [-0.25, -0.2) is 9.67 Å². The SMILES string of the molecule is Cc1ccc(-c2nc3n(n2)CCCC3CO)cc1. The van der Waals surface area contributed by atoms with E-state index in [1.165, 1.54) is 5.56 Å². The molecule has 1 unspecified atom stereocenters. The number of aryl methyl sites for hydroxylation is 2. The number of fused-ring (bicyclic) bond motifs is 1. The number of aromatic nitrogens is 3. The average Bonchev–Trinajstić information content (AvgIpc) is 2.83. The van der Waals surface area contributed by atoms with Crippen molar-refractivity contribution in [2.75, 3.05) is 6.61 Å². The van der Waals surface area contributed by atoms with Gasteiger partial charge in [0.2, 0.25) is 0 Å². The van der Waals surface area contributed by atoms with Crippen LogP contribution in [0.2, 0.25) is 0 Å². The van der Waals surface area contributed by atoms with Gasteiger partial charge >= 0.3 is 0 Å². The van der Waals surface area contributed by atoms with Crippen LogP contribution in [0.25, 0.3) is 11.4 Å². The van der Waals surface area contributed by atoms with Crippen molar-refractivity contribution in [2.45, 2.75) is 32.2 Å². The maximum atomic E-state index is 9.37. The second-order valence-electron chi connectivity index (χ2n) is 4.90. The van der Waals surface area contributed by atoms with E-state index in [9.17, 15) is 5.11 Å². The van der Waals surface area contributed by atoms with Gasteiger partial charge in [-0.05, 0) is 19.8 Å². The molecule has 2 aromatic rings. The molecule has 1 N–H and O–H groups in total. The molecule has 0 spiro atoms. The maximum Gasteiger partial charge on any atom is 0.181 e. The molecule has 0 aliphatic carbocycles. The van der Waals surface area contributed by atoms with Crippen molar-refractivity contribution in [1.29, 1.82) is 0 Å². The van der Waals surface area contributed by atoms with Crippen LogP contribution in [0.4, 0.5) is 0 Å². The first-order chi connectivity index (χ1) is 8.78. The second kappa shape index (κ2) is 4.53. The summed E-state index contributed by atoms with van der Waals surface area (Å²) < 4.78 is 1.94. The van der Waals surface area contributed by atoms with E-state index >= 15 is 0 Å². The highest BCUT2D eigenvalue weighted by atomic mass is 16.3. The summed E-state index contributed by atoms with van der Waals surface area (Å²) in [4.78, 5) is 4.59. The zero-order valence-corrected chi connectivity index (χ0v) is 10.5. The molecule has 1 aromatic heterocycles. The molecule has 0 saturated heterocycles. The van der Waals surface area contributed by atoms with Gasteiger partial charge in [0, 0.05) is 18.0 Å². The molecule has 94 valence electrons. The van der Waals surface area contributed by atoms with E-state index in [1.807, 2.05) is 16.8 Å². The van der Waals surface area contributed by atoms with Gasteiger partial charge in [0.25, 0.3) is 0 Å². The zero-order valence-electron chi connectivity index (χ0n) is 10.5. The molecule has 0 fully saturated rings. The van der Waals surface area contributed by atoms with E-state index < -0.39 is 0 Å². The minimum Gasteiger partial charge on any atom is -0.396 e. The molecular formula is C14H17N3O. The summed E-state index contributed by atoms with van der Waals surface area (Å²) >= 11 is 0. The molecule has 0 saturated carbocycles. The predicted molar refractivity (Wildman–Crippen MR) is 69.3 cm³/mol. The minimum absolute atomic E-state index is 0.144. The average molecular weight is 243 g/mol. The molecule has 0 radical (unpaired) electrons. The molecule has 2 heterocycles. The molecule has 1 aliphatic rings. The number of nitrogens with zero attached hydrogens (tertiary/aromatic N) is 3. The Morgan fingerprint density at radius 3 is 2.83 bits per heavy atom. The Labute approximate surface area is 106 Å². The van der Waals surface area contributed by atoms with Crippen LogP contribution in [0, 0.1) is 6.92 Å². The van der Waals surface area contributed by atoms with Gasteiger partial charge in [-0.15, -0.1) is 0 Å². The van der Waals surface area contributed by atoms with Crippen LogP contribution in [0.1, 0.15) is 30.1 Å². The summed E-state index contributed by atoms with van der Waals surface area (Å²) in [6.45, 7) is 3.13. The Morgan fingerprint density at radius 1 is 1.33 bits per heavy atom. The predicted octanol–water partition coefficient (Wildman–Crippen LogP) is 2.12. The van der Waals surface area contributed by atoms with Gasteiger partial charge in [-0.1, -0.05) is 29.8 Å². The van der Waals surface area contributed by atoms with Crippen LogP contribution in [0.3, 0.4) is 0 Å². The van der Waals surface area contributed by atoms with Crippen LogP contribution in [-0.4, -0.2) is 26.5 Å². The normalized spacial score (nSPS) is 18.7. The smallest absolute Gasteiger partial charge is 0.181 e. The van der Waals surface area contributed by atoms with Crippen LogP contribution in [-0.2, 0) is 6.54 Å². The van der Waals surface area contributed by atoms with E-state index in [1.54, 1.807) is 0 Å². The summed E-state index contributed by atoms with van der Waals surface area (Å²) in [5.74, 6) is 1.84. The first kappa shape index (κ1) is 11.4. The standard InChI is InChI=1S/C14H17N3O/c1-10-4-6-11(7-5-10)13-15-14-12(9-18)3-2-8-17(14)16-13/h4-7,12,18H,2-3,8-9H2,1H3. The van der Waals surface area contributed by atoms with E-state index in [2.05, 4.69) is 29.1 Å². The largest absolute Gasteiger partial charge is 0.396 e. The van der Waals surface area contributed by atoms with Crippen LogP contribution >= 0.6 is 0 Å². The minimum atomic E-state index is 0.144. The highest BCUT2D eigenvalue weighted by molar-refractivity contribution is 5.55. The fraction of sp³-hybridized carbons (Fsp3) is 0.429. The van der Waals surface area contributed by atoms with Gasteiger partial charge < -0.3 is 5.11 Å². The molecule has 1 atom stereocenters. The van der Waals surface area contributed by atoms with Crippen molar-refractivity contribution in [2.24, 2.45) is 0 Å². The van der Waals surface area contributed by atoms with Gasteiger partial charge in [-0.2, -0.15) is 5.10 Å². The third-order valence-electron chi connectivity index (χ3n) is 3.52. The van der Waals surface area contributed by atoms with Crippen molar-refractivity contribution < 1.29 is 5.11 Å². The number of benzene rings is 1. The highest BCUT2D eigenvalue weighted by Gasteiger charge is 2.23. The molecule has 1 aromatic carbocycles. The van der Waals surface area contributed by atoms with Crippen molar-refractivity contribution in [1.82, 2.24) is 14.8 Å². The Balaban J connectivity index is 1.99. The fourth-order valence-electron chi connectivity index (χ4n) is 2.44. The summed E-state index contributed by atoms with van der Waals surface area (Å²) in [6, 6.07) is 8.23. The molecular weight excluding hydrogens is 226 g/mol. The Hall–Kier alpha value is -1.68. The lowest BCUT2D eigenvalue weighted by molar-refractivity contribution is 0.234. The Morgan fingerprint density at radius 2 is 2.11 bits per heavy atom. The van der Waals surface area contributed by atoms with Crippen molar-refractivity contribution in [3.8, 4) is 11.4 Å². The second-order valence-corrected chi connectivity index (χ2v) is 4.90. The van der Waals surface area contributed by atoms with E-state index in [4.69, 9.17) is 0 Å². The summed E-state index contributed by atoms with van der Waals surface area (Å²) in [5.41, 5.74) is 2.27. The lowest BCUT2D eigenvalue weighted by Gasteiger charge is -2.19. The van der Waals surface area contributed by atoms with Crippen molar-refractivity contribution in [3.05, 3.63) is 35.7 Å². The first-order valence-electron chi connectivity index (χ1n) is 6.40. The van der Waals surface area contributed by atoms with Gasteiger partial charge in [0.1, 0.15) is 5.82 Å². The van der Waals surface area contributed by atoms with Crippen molar-refractivity contribution in [3.63, 3.8) is 0 Å². The molecule has 18 heavy (non-hydrogen) atoms. The van der Waals surface area contributed by atoms with Crippen molar-refractivity contribution >= 4 is 0 Å². The monoisotopic (exact) mass is 243 g/mol. The topological polar surface area (TPSA) is 50.9 Å². The summed E-state index contributed by atoms with van der Waals surface area (Å²) in [5, 5.41) is 13.9. The molecule has 0 amide bonds. The number of rotatable bonds is 2. The lowest BCUT2D eigenvalue weighted by Crippen LogP contribution is -2.19. The van der Waals surface area contributed by atoms with E-state index in [0.29, 0.717) is 0 Å².